The maximum absolute atomic E-state index is 8.87. The van der Waals surface area contributed by atoms with Crippen molar-refractivity contribution in [2.75, 3.05) is 6.61 Å². The zero-order chi connectivity index (χ0) is 9.68. The van der Waals surface area contributed by atoms with Crippen LogP contribution >= 0.6 is 0 Å². The molecule has 74 valence electrons. The first kappa shape index (κ1) is 10.3. The molecular weight excluding hydrogens is 162 g/mol. The number of aliphatic hydroxyl groups excluding tert-OH is 1. The van der Waals surface area contributed by atoms with E-state index in [1.807, 2.05) is 6.20 Å². The molecule has 1 heterocycles. The summed E-state index contributed by atoms with van der Waals surface area (Å²) in [6.45, 7) is 5.37. The van der Waals surface area contributed by atoms with Gasteiger partial charge in [0.25, 0.3) is 0 Å². The van der Waals surface area contributed by atoms with Crippen molar-refractivity contribution in [3.8, 4) is 0 Å². The van der Waals surface area contributed by atoms with Crippen LogP contribution in [0.5, 0.6) is 0 Å². The van der Waals surface area contributed by atoms with E-state index in [0.717, 1.165) is 6.54 Å². The maximum Gasteiger partial charge on any atom is 0.0610 e. The lowest BCUT2D eigenvalue weighted by atomic mass is 9.99. The second-order valence-electron chi connectivity index (χ2n) is 3.36. The average Bonchev–Trinajstić information content (AvgIpc) is 2.57. The Bertz CT molecular complexity index is 238. The molecule has 0 spiro atoms. The van der Waals surface area contributed by atoms with Crippen molar-refractivity contribution in [3.63, 3.8) is 0 Å². The molecule has 0 aliphatic rings. The van der Waals surface area contributed by atoms with Crippen molar-refractivity contribution >= 4 is 0 Å². The van der Waals surface area contributed by atoms with Gasteiger partial charge in [0.2, 0.25) is 0 Å². The first-order chi connectivity index (χ1) is 6.33. The van der Waals surface area contributed by atoms with E-state index < -0.39 is 0 Å². The number of rotatable bonds is 5. The van der Waals surface area contributed by atoms with Crippen molar-refractivity contribution in [1.29, 1.82) is 0 Å². The Balaban J connectivity index is 2.78. The minimum atomic E-state index is 0.224. The third-order valence-electron chi connectivity index (χ3n) is 2.61. The van der Waals surface area contributed by atoms with Crippen LogP contribution in [0.25, 0.3) is 0 Å². The van der Waals surface area contributed by atoms with Crippen molar-refractivity contribution < 1.29 is 5.11 Å². The van der Waals surface area contributed by atoms with Crippen LogP contribution in [0.15, 0.2) is 18.3 Å². The fourth-order valence-corrected chi connectivity index (χ4v) is 1.82. The Hall–Kier alpha value is -0.760. The highest BCUT2D eigenvalue weighted by atomic mass is 16.3. The minimum Gasteiger partial charge on any atom is -0.395 e. The summed E-state index contributed by atoms with van der Waals surface area (Å²) in [5.41, 5.74) is 1.36. The van der Waals surface area contributed by atoms with Gasteiger partial charge >= 0.3 is 0 Å². The fraction of sp³-hybridized carbons (Fsp3) is 0.636. The molecule has 2 nitrogen and oxygen atoms in total. The standard InChI is InChI=1S/C11H19NO/c1-3-10(4-2)11-6-5-7-12(11)8-9-13/h5-7,10,13H,3-4,8-9H2,1-2H3. The highest BCUT2D eigenvalue weighted by Gasteiger charge is 2.10. The van der Waals surface area contributed by atoms with Gasteiger partial charge in [-0.05, 0) is 30.9 Å². The topological polar surface area (TPSA) is 25.2 Å². The van der Waals surface area contributed by atoms with E-state index in [1.54, 1.807) is 0 Å². The van der Waals surface area contributed by atoms with Gasteiger partial charge in [-0.3, -0.25) is 0 Å². The van der Waals surface area contributed by atoms with Crippen LogP contribution in [0.3, 0.4) is 0 Å². The smallest absolute Gasteiger partial charge is 0.0610 e. The molecule has 2 heteroatoms. The largest absolute Gasteiger partial charge is 0.395 e. The number of aliphatic hydroxyl groups is 1. The molecule has 0 aliphatic carbocycles. The average molecular weight is 181 g/mol. The monoisotopic (exact) mass is 181 g/mol. The maximum atomic E-state index is 8.87. The Morgan fingerprint density at radius 1 is 1.38 bits per heavy atom. The molecule has 0 fully saturated rings. The van der Waals surface area contributed by atoms with Crippen molar-refractivity contribution in [2.45, 2.75) is 39.2 Å². The summed E-state index contributed by atoms with van der Waals surface area (Å²) >= 11 is 0. The molecule has 0 radical (unpaired) electrons. The van der Waals surface area contributed by atoms with Gasteiger partial charge in [-0.1, -0.05) is 13.8 Å². The van der Waals surface area contributed by atoms with Crippen LogP contribution in [-0.2, 0) is 6.54 Å². The third kappa shape index (κ3) is 2.34. The van der Waals surface area contributed by atoms with Crippen molar-refractivity contribution in [2.24, 2.45) is 0 Å². The van der Waals surface area contributed by atoms with Gasteiger partial charge in [0.1, 0.15) is 0 Å². The summed E-state index contributed by atoms with van der Waals surface area (Å²) in [6, 6.07) is 4.22. The first-order valence-corrected chi connectivity index (χ1v) is 5.09. The van der Waals surface area contributed by atoms with Crippen molar-refractivity contribution in [3.05, 3.63) is 24.0 Å². The summed E-state index contributed by atoms with van der Waals surface area (Å²) in [4.78, 5) is 0. The van der Waals surface area contributed by atoms with Crippen LogP contribution in [0, 0.1) is 0 Å². The van der Waals surface area contributed by atoms with E-state index in [4.69, 9.17) is 5.11 Å². The Morgan fingerprint density at radius 2 is 2.08 bits per heavy atom. The van der Waals surface area contributed by atoms with E-state index in [1.165, 1.54) is 18.5 Å². The number of hydrogen-bond donors (Lipinski definition) is 1. The predicted molar refractivity (Wildman–Crippen MR) is 54.8 cm³/mol. The lowest BCUT2D eigenvalue weighted by Gasteiger charge is -2.15. The van der Waals surface area contributed by atoms with Gasteiger partial charge < -0.3 is 9.67 Å². The molecular formula is C11H19NO. The van der Waals surface area contributed by atoms with E-state index in [2.05, 4.69) is 30.5 Å². The highest BCUT2D eigenvalue weighted by Crippen LogP contribution is 2.23. The molecule has 0 unspecified atom stereocenters. The molecule has 0 bridgehead atoms. The van der Waals surface area contributed by atoms with Gasteiger partial charge in [0.05, 0.1) is 6.61 Å². The SMILES string of the molecule is CCC(CC)c1cccn1CCO. The van der Waals surface area contributed by atoms with E-state index in [0.29, 0.717) is 5.92 Å². The van der Waals surface area contributed by atoms with E-state index >= 15 is 0 Å². The number of nitrogens with zero attached hydrogens (tertiary/aromatic N) is 1. The molecule has 0 amide bonds. The van der Waals surface area contributed by atoms with Crippen LogP contribution < -0.4 is 0 Å². The summed E-state index contributed by atoms with van der Waals surface area (Å²) in [5, 5.41) is 8.87. The van der Waals surface area contributed by atoms with Gasteiger partial charge in [0, 0.05) is 18.4 Å². The van der Waals surface area contributed by atoms with Crippen LogP contribution in [0.2, 0.25) is 0 Å². The second-order valence-corrected chi connectivity index (χ2v) is 3.36. The number of hydrogen-bond acceptors (Lipinski definition) is 1. The highest BCUT2D eigenvalue weighted by molar-refractivity contribution is 5.12. The van der Waals surface area contributed by atoms with Crippen LogP contribution in [0.1, 0.15) is 38.3 Å². The molecule has 0 aromatic carbocycles. The van der Waals surface area contributed by atoms with Crippen LogP contribution in [-0.4, -0.2) is 16.3 Å². The van der Waals surface area contributed by atoms with Gasteiger partial charge in [-0.25, -0.2) is 0 Å². The molecule has 0 atom stereocenters. The lowest BCUT2D eigenvalue weighted by Crippen LogP contribution is -2.08. The summed E-state index contributed by atoms with van der Waals surface area (Å²) in [5.74, 6) is 0.640. The molecule has 1 rings (SSSR count). The molecule has 0 aliphatic heterocycles. The number of aromatic nitrogens is 1. The first-order valence-electron chi connectivity index (χ1n) is 5.09. The van der Waals surface area contributed by atoms with E-state index in [-0.39, 0.29) is 6.61 Å². The minimum absolute atomic E-state index is 0.224. The Morgan fingerprint density at radius 3 is 2.62 bits per heavy atom. The zero-order valence-corrected chi connectivity index (χ0v) is 8.53. The molecule has 13 heavy (non-hydrogen) atoms. The molecule has 1 aromatic heterocycles. The summed E-state index contributed by atoms with van der Waals surface area (Å²) in [6.07, 6.45) is 4.39. The second kappa shape index (κ2) is 5.07. The molecule has 0 saturated carbocycles. The Kier molecular flexibility index (Phi) is 4.03. The summed E-state index contributed by atoms with van der Waals surface area (Å²) in [7, 11) is 0. The summed E-state index contributed by atoms with van der Waals surface area (Å²) < 4.78 is 2.15. The molecule has 0 saturated heterocycles. The van der Waals surface area contributed by atoms with E-state index in [9.17, 15) is 0 Å². The molecule has 1 N–H and O–H groups in total. The van der Waals surface area contributed by atoms with Gasteiger partial charge in [0.15, 0.2) is 0 Å². The Labute approximate surface area is 80.2 Å². The van der Waals surface area contributed by atoms with Gasteiger partial charge in [-0.2, -0.15) is 0 Å². The van der Waals surface area contributed by atoms with Crippen molar-refractivity contribution in [1.82, 2.24) is 4.57 Å². The van der Waals surface area contributed by atoms with Crippen LogP contribution in [0.4, 0.5) is 0 Å². The normalized spacial score (nSPS) is 11.1. The lowest BCUT2D eigenvalue weighted by molar-refractivity contribution is 0.273. The van der Waals surface area contributed by atoms with Gasteiger partial charge in [-0.15, -0.1) is 0 Å². The quantitative estimate of drug-likeness (QED) is 0.741. The third-order valence-corrected chi connectivity index (χ3v) is 2.61. The zero-order valence-electron chi connectivity index (χ0n) is 8.53. The predicted octanol–water partition coefficient (Wildman–Crippen LogP) is 2.38. The fourth-order valence-electron chi connectivity index (χ4n) is 1.82. The molecule has 1 aromatic rings.